The molecule has 31 heavy (non-hydrogen) atoms. The van der Waals surface area contributed by atoms with Gasteiger partial charge >= 0.3 is 0 Å². The van der Waals surface area contributed by atoms with Crippen LogP contribution in [0.25, 0.3) is 0 Å². The van der Waals surface area contributed by atoms with Crippen LogP contribution in [0.3, 0.4) is 0 Å². The second-order valence-electron chi connectivity index (χ2n) is 7.66. The number of carbonyl (C=O) groups excluding carboxylic acids is 2. The van der Waals surface area contributed by atoms with Crippen molar-refractivity contribution in [1.82, 2.24) is 10.2 Å². The number of nitrogens with zero attached hydrogens (tertiary/aromatic N) is 1. The molecule has 0 aliphatic carbocycles. The quantitative estimate of drug-likeness (QED) is 0.652. The van der Waals surface area contributed by atoms with Gasteiger partial charge in [-0.3, -0.25) is 9.59 Å². The van der Waals surface area contributed by atoms with Gasteiger partial charge in [-0.05, 0) is 36.8 Å². The van der Waals surface area contributed by atoms with E-state index in [1.165, 1.54) is 24.3 Å². The third-order valence-electron chi connectivity index (χ3n) is 5.70. The van der Waals surface area contributed by atoms with Crippen LogP contribution in [0.15, 0.2) is 42.5 Å². The van der Waals surface area contributed by atoms with Crippen molar-refractivity contribution in [1.29, 1.82) is 0 Å². The Labute approximate surface area is 182 Å². The average Bonchev–Trinajstić information content (AvgIpc) is 3.24. The second-order valence-corrected chi connectivity index (χ2v) is 7.66. The van der Waals surface area contributed by atoms with Gasteiger partial charge in [0.1, 0.15) is 5.82 Å². The summed E-state index contributed by atoms with van der Waals surface area (Å²) in [6, 6.07) is 11.0. The van der Waals surface area contributed by atoms with E-state index in [9.17, 15) is 14.0 Å². The first-order valence-corrected chi connectivity index (χ1v) is 10.5. The molecule has 1 aliphatic rings. The fourth-order valence-corrected chi connectivity index (χ4v) is 4.05. The molecule has 3 rings (SSSR count). The number of nitrogens with one attached hydrogen (secondary N) is 1. The Kier molecular flexibility index (Phi) is 7.50. The molecule has 166 valence electrons. The SMILES string of the molecule is CCCCNC(=O)[C@H]1CN(C(=O)c2ccc(F)cc2)C[C@H]1c1cccc(OC)c1OC. The molecule has 0 unspecified atom stereocenters. The van der Waals surface area contributed by atoms with Crippen molar-refractivity contribution in [2.45, 2.75) is 25.7 Å². The Bertz CT molecular complexity index is 916. The van der Waals surface area contributed by atoms with E-state index in [0.29, 0.717) is 30.2 Å². The Balaban J connectivity index is 1.91. The van der Waals surface area contributed by atoms with Crippen LogP contribution < -0.4 is 14.8 Å². The monoisotopic (exact) mass is 428 g/mol. The zero-order valence-electron chi connectivity index (χ0n) is 18.2. The first kappa shape index (κ1) is 22.6. The highest BCUT2D eigenvalue weighted by Crippen LogP contribution is 2.42. The zero-order chi connectivity index (χ0) is 22.4. The second kappa shape index (κ2) is 10.3. The normalized spacial score (nSPS) is 18.0. The molecule has 1 aliphatic heterocycles. The third-order valence-corrected chi connectivity index (χ3v) is 5.70. The van der Waals surface area contributed by atoms with Gasteiger partial charge in [0.2, 0.25) is 5.91 Å². The van der Waals surface area contributed by atoms with Crippen molar-refractivity contribution in [2.24, 2.45) is 5.92 Å². The van der Waals surface area contributed by atoms with Crippen LogP contribution in [0.2, 0.25) is 0 Å². The van der Waals surface area contributed by atoms with Crippen molar-refractivity contribution >= 4 is 11.8 Å². The van der Waals surface area contributed by atoms with Gasteiger partial charge in [-0.25, -0.2) is 4.39 Å². The summed E-state index contributed by atoms with van der Waals surface area (Å²) in [5.74, 6) is -0.247. The Morgan fingerprint density at radius 3 is 2.48 bits per heavy atom. The first-order valence-electron chi connectivity index (χ1n) is 10.5. The summed E-state index contributed by atoms with van der Waals surface area (Å²) in [5, 5.41) is 3.00. The lowest BCUT2D eigenvalue weighted by Crippen LogP contribution is -2.36. The Morgan fingerprint density at radius 2 is 1.84 bits per heavy atom. The molecule has 6 nitrogen and oxygen atoms in total. The van der Waals surface area contributed by atoms with Crippen molar-refractivity contribution in [3.63, 3.8) is 0 Å². The van der Waals surface area contributed by atoms with Gasteiger partial charge in [0, 0.05) is 36.7 Å². The van der Waals surface area contributed by atoms with Gasteiger partial charge in [-0.1, -0.05) is 25.5 Å². The number of methoxy groups -OCH3 is 2. The molecular weight excluding hydrogens is 399 g/mol. The van der Waals surface area contributed by atoms with Crippen molar-refractivity contribution < 1.29 is 23.5 Å². The standard InChI is InChI=1S/C24H29FN2O4/c1-4-5-13-26-23(28)20-15-27(24(29)16-9-11-17(25)12-10-16)14-19(20)18-7-6-8-21(30-2)22(18)31-3/h6-12,19-20H,4-5,13-15H2,1-3H3,(H,26,28)/t19-,20-/m0/s1. The highest BCUT2D eigenvalue weighted by molar-refractivity contribution is 5.95. The maximum atomic E-state index is 13.3. The molecule has 1 heterocycles. The molecule has 2 aromatic carbocycles. The number of para-hydroxylation sites is 1. The number of halogens is 1. The minimum absolute atomic E-state index is 0.0854. The van der Waals surface area contributed by atoms with E-state index in [-0.39, 0.29) is 24.3 Å². The summed E-state index contributed by atoms with van der Waals surface area (Å²) in [4.78, 5) is 27.7. The fourth-order valence-electron chi connectivity index (χ4n) is 4.05. The molecule has 0 saturated carbocycles. The van der Waals surface area contributed by atoms with Gasteiger partial charge in [-0.2, -0.15) is 0 Å². The summed E-state index contributed by atoms with van der Waals surface area (Å²) < 4.78 is 24.3. The number of carbonyl (C=O) groups is 2. The summed E-state index contributed by atoms with van der Waals surface area (Å²) in [6.07, 6.45) is 1.87. The number of hydrogen-bond donors (Lipinski definition) is 1. The van der Waals surface area contributed by atoms with E-state index in [1.807, 2.05) is 12.1 Å². The molecule has 0 radical (unpaired) electrons. The third kappa shape index (κ3) is 4.98. The molecule has 2 amide bonds. The maximum absolute atomic E-state index is 13.3. The molecule has 1 fully saturated rings. The molecular formula is C24H29FN2O4. The molecule has 0 aromatic heterocycles. The Hall–Kier alpha value is -3.09. The van der Waals surface area contributed by atoms with Crippen LogP contribution in [-0.2, 0) is 4.79 Å². The number of rotatable bonds is 8. The predicted octanol–water partition coefficient (Wildman–Crippen LogP) is 3.62. The predicted molar refractivity (Wildman–Crippen MR) is 116 cm³/mol. The molecule has 1 N–H and O–H groups in total. The minimum atomic E-state index is -0.428. The molecule has 2 aromatic rings. The number of amides is 2. The smallest absolute Gasteiger partial charge is 0.253 e. The average molecular weight is 429 g/mol. The van der Waals surface area contributed by atoms with Crippen LogP contribution in [0.1, 0.15) is 41.6 Å². The zero-order valence-corrected chi connectivity index (χ0v) is 18.2. The lowest BCUT2D eigenvalue weighted by atomic mass is 9.87. The number of likely N-dealkylation sites (tertiary alicyclic amines) is 1. The largest absolute Gasteiger partial charge is 0.493 e. The van der Waals surface area contributed by atoms with Gasteiger partial charge in [0.05, 0.1) is 20.1 Å². The van der Waals surface area contributed by atoms with Crippen LogP contribution in [-0.4, -0.2) is 50.6 Å². The summed E-state index contributed by atoms with van der Waals surface area (Å²) >= 11 is 0. The highest BCUT2D eigenvalue weighted by Gasteiger charge is 2.42. The lowest BCUT2D eigenvalue weighted by Gasteiger charge is -2.21. The maximum Gasteiger partial charge on any atom is 0.253 e. The van der Waals surface area contributed by atoms with Gasteiger partial charge in [0.15, 0.2) is 11.5 Å². The molecule has 2 atom stereocenters. The van der Waals surface area contributed by atoms with Crippen LogP contribution in [0.4, 0.5) is 4.39 Å². The molecule has 0 spiro atoms. The number of benzene rings is 2. The topological polar surface area (TPSA) is 67.9 Å². The molecule has 7 heteroatoms. The summed E-state index contributed by atoms with van der Waals surface area (Å²) in [7, 11) is 3.13. The number of hydrogen-bond acceptors (Lipinski definition) is 4. The van der Waals surface area contributed by atoms with E-state index in [0.717, 1.165) is 18.4 Å². The van der Waals surface area contributed by atoms with Crippen molar-refractivity contribution in [3.05, 3.63) is 59.4 Å². The van der Waals surface area contributed by atoms with E-state index in [1.54, 1.807) is 25.2 Å². The van der Waals surface area contributed by atoms with E-state index in [2.05, 4.69) is 12.2 Å². The first-order chi connectivity index (χ1) is 15.0. The summed E-state index contributed by atoms with van der Waals surface area (Å²) in [5.41, 5.74) is 1.22. The molecule has 1 saturated heterocycles. The van der Waals surface area contributed by atoms with Gasteiger partial charge in [-0.15, -0.1) is 0 Å². The minimum Gasteiger partial charge on any atom is -0.493 e. The van der Waals surface area contributed by atoms with Crippen molar-refractivity contribution in [2.75, 3.05) is 33.9 Å². The number of unbranched alkanes of at least 4 members (excludes halogenated alkanes) is 1. The molecule has 0 bridgehead atoms. The lowest BCUT2D eigenvalue weighted by molar-refractivity contribution is -0.124. The van der Waals surface area contributed by atoms with Crippen molar-refractivity contribution in [3.8, 4) is 11.5 Å². The van der Waals surface area contributed by atoms with Crippen LogP contribution >= 0.6 is 0 Å². The van der Waals surface area contributed by atoms with E-state index < -0.39 is 11.7 Å². The van der Waals surface area contributed by atoms with E-state index in [4.69, 9.17) is 9.47 Å². The fraction of sp³-hybridized carbons (Fsp3) is 0.417. The number of ether oxygens (including phenoxy) is 2. The highest BCUT2D eigenvalue weighted by atomic mass is 19.1. The Morgan fingerprint density at radius 1 is 1.10 bits per heavy atom. The van der Waals surface area contributed by atoms with Crippen LogP contribution in [0.5, 0.6) is 11.5 Å². The summed E-state index contributed by atoms with van der Waals surface area (Å²) in [6.45, 7) is 3.29. The van der Waals surface area contributed by atoms with Gasteiger partial charge in [0.25, 0.3) is 5.91 Å². The van der Waals surface area contributed by atoms with Crippen LogP contribution in [0, 0.1) is 11.7 Å². The van der Waals surface area contributed by atoms with Gasteiger partial charge < -0.3 is 19.7 Å². The van der Waals surface area contributed by atoms with E-state index >= 15 is 0 Å².